The Morgan fingerprint density at radius 2 is 1.72 bits per heavy atom. The fraction of sp³-hybridized carbons (Fsp3) is 0.316. The lowest BCUT2D eigenvalue weighted by Crippen LogP contribution is -2.23. The average Bonchev–Trinajstić information content (AvgIpc) is 2.58. The summed E-state index contributed by atoms with van der Waals surface area (Å²) in [6.07, 6.45) is 0.132. The molecule has 0 unspecified atom stereocenters. The molecule has 0 saturated heterocycles. The van der Waals surface area contributed by atoms with Crippen LogP contribution in [-0.2, 0) is 17.9 Å². The van der Waals surface area contributed by atoms with Crippen LogP contribution in [0, 0.1) is 0 Å². The molecule has 0 bridgehead atoms. The zero-order chi connectivity index (χ0) is 18.2. The van der Waals surface area contributed by atoms with Crippen molar-refractivity contribution >= 4 is 17.7 Å². The average molecular weight is 365 g/mol. The van der Waals surface area contributed by atoms with E-state index in [0.717, 1.165) is 11.1 Å². The van der Waals surface area contributed by atoms with E-state index in [-0.39, 0.29) is 12.0 Å². The van der Waals surface area contributed by atoms with Crippen molar-refractivity contribution in [1.29, 1.82) is 0 Å². The summed E-state index contributed by atoms with van der Waals surface area (Å²) in [5.74, 6) is -2.71. The summed E-state index contributed by atoms with van der Waals surface area (Å²) in [5, 5.41) is 2.85. The minimum atomic E-state index is -2.47. The van der Waals surface area contributed by atoms with Gasteiger partial charge in [-0.2, -0.15) is 8.78 Å². The van der Waals surface area contributed by atoms with Gasteiger partial charge in [0.25, 0.3) is 11.7 Å². The van der Waals surface area contributed by atoms with Crippen LogP contribution in [0.25, 0.3) is 0 Å². The van der Waals surface area contributed by atoms with Gasteiger partial charge in [-0.3, -0.25) is 4.79 Å². The number of benzene rings is 2. The Hall–Kier alpha value is -1.92. The predicted molar refractivity (Wildman–Crippen MR) is 95.8 cm³/mol. The number of ether oxygens (including phenoxy) is 1. The topological polar surface area (TPSA) is 38.3 Å². The van der Waals surface area contributed by atoms with Crippen LogP contribution in [0.15, 0.2) is 53.4 Å². The number of rotatable bonds is 8. The van der Waals surface area contributed by atoms with Gasteiger partial charge in [0.05, 0.1) is 12.7 Å². The molecule has 0 aliphatic carbocycles. The molecule has 0 radical (unpaired) electrons. The summed E-state index contributed by atoms with van der Waals surface area (Å²) < 4.78 is 30.3. The van der Waals surface area contributed by atoms with Crippen LogP contribution in [0.5, 0.6) is 0 Å². The smallest absolute Gasteiger partial charge is 0.288 e. The summed E-state index contributed by atoms with van der Waals surface area (Å²) >= 11 is 0.460. The van der Waals surface area contributed by atoms with Crippen molar-refractivity contribution in [2.75, 3.05) is 0 Å². The molecule has 6 heteroatoms. The lowest BCUT2D eigenvalue weighted by Gasteiger charge is -2.13. The van der Waals surface area contributed by atoms with Gasteiger partial charge in [0.1, 0.15) is 0 Å². The predicted octanol–water partition coefficient (Wildman–Crippen LogP) is 4.86. The van der Waals surface area contributed by atoms with Crippen LogP contribution in [0.1, 0.15) is 35.3 Å². The van der Waals surface area contributed by atoms with E-state index in [9.17, 15) is 13.6 Å². The molecule has 3 nitrogen and oxygen atoms in total. The Morgan fingerprint density at radius 1 is 1.08 bits per heavy atom. The molecule has 0 atom stereocenters. The fourth-order valence-corrected chi connectivity index (χ4v) is 2.69. The molecule has 2 rings (SSSR count). The third-order valence-corrected chi connectivity index (χ3v) is 4.19. The van der Waals surface area contributed by atoms with E-state index in [1.807, 2.05) is 38.1 Å². The van der Waals surface area contributed by atoms with Crippen LogP contribution in [0.2, 0.25) is 0 Å². The molecule has 0 heterocycles. The van der Waals surface area contributed by atoms with Crippen molar-refractivity contribution < 1.29 is 18.3 Å². The number of carbonyl (C=O) groups excluding carboxylic acids is 1. The van der Waals surface area contributed by atoms with Crippen LogP contribution < -0.4 is 5.32 Å². The summed E-state index contributed by atoms with van der Waals surface area (Å²) in [7, 11) is 0. The van der Waals surface area contributed by atoms with Crippen molar-refractivity contribution in [3.63, 3.8) is 0 Å². The second kappa shape index (κ2) is 9.53. The summed E-state index contributed by atoms with van der Waals surface area (Å²) in [6.45, 7) is 4.81. The summed E-state index contributed by atoms with van der Waals surface area (Å²) in [4.78, 5) is 12.7. The number of amides is 1. The number of hydrogen-bond acceptors (Lipinski definition) is 3. The van der Waals surface area contributed by atoms with Gasteiger partial charge in [-0.05, 0) is 49.2 Å². The number of halogens is 2. The highest BCUT2D eigenvalue weighted by molar-refractivity contribution is 7.99. The van der Waals surface area contributed by atoms with Gasteiger partial charge in [0.2, 0.25) is 0 Å². The van der Waals surface area contributed by atoms with Crippen molar-refractivity contribution in [3.05, 3.63) is 65.2 Å². The first-order valence-electron chi connectivity index (χ1n) is 7.97. The van der Waals surface area contributed by atoms with E-state index in [1.165, 1.54) is 12.1 Å². The number of alkyl halides is 2. The number of hydrogen-bond donors (Lipinski definition) is 1. The Bertz CT molecular complexity index is 690. The molecule has 0 saturated carbocycles. The molecule has 0 aliphatic rings. The summed E-state index contributed by atoms with van der Waals surface area (Å²) in [5.41, 5.74) is 2.45. The highest BCUT2D eigenvalue weighted by Gasteiger charge is 2.10. The van der Waals surface area contributed by atoms with Crippen molar-refractivity contribution in [2.45, 2.75) is 43.8 Å². The molecular weight excluding hydrogens is 344 g/mol. The van der Waals surface area contributed by atoms with E-state index in [0.29, 0.717) is 35.4 Å². The lowest BCUT2D eigenvalue weighted by atomic mass is 10.1. The van der Waals surface area contributed by atoms with Gasteiger partial charge in [-0.25, -0.2) is 0 Å². The van der Waals surface area contributed by atoms with E-state index < -0.39 is 5.76 Å². The van der Waals surface area contributed by atoms with Gasteiger partial charge in [0, 0.05) is 17.0 Å². The monoisotopic (exact) mass is 365 g/mol. The first kappa shape index (κ1) is 19.4. The van der Waals surface area contributed by atoms with Crippen LogP contribution in [0.3, 0.4) is 0 Å². The molecule has 134 valence electrons. The first-order chi connectivity index (χ1) is 12.0. The normalized spacial score (nSPS) is 11.1. The van der Waals surface area contributed by atoms with E-state index in [1.54, 1.807) is 12.1 Å². The highest BCUT2D eigenvalue weighted by Crippen LogP contribution is 2.25. The Morgan fingerprint density at radius 3 is 2.32 bits per heavy atom. The molecule has 1 N–H and O–H groups in total. The number of nitrogens with one attached hydrogen (secondary N) is 1. The molecule has 0 spiro atoms. The molecule has 2 aromatic carbocycles. The molecule has 1 amide bonds. The quantitative estimate of drug-likeness (QED) is 0.679. The molecular formula is C19H21F2NO2S. The van der Waals surface area contributed by atoms with Crippen LogP contribution >= 0.6 is 11.8 Å². The zero-order valence-corrected chi connectivity index (χ0v) is 15.0. The van der Waals surface area contributed by atoms with Crippen molar-refractivity contribution in [1.82, 2.24) is 5.32 Å². The minimum Gasteiger partial charge on any atom is -0.374 e. The van der Waals surface area contributed by atoms with Gasteiger partial charge >= 0.3 is 0 Å². The van der Waals surface area contributed by atoms with Crippen LogP contribution in [-0.4, -0.2) is 17.8 Å². The Balaban J connectivity index is 1.95. The molecule has 25 heavy (non-hydrogen) atoms. The van der Waals surface area contributed by atoms with Gasteiger partial charge < -0.3 is 10.1 Å². The maximum absolute atomic E-state index is 12.3. The first-order valence-corrected chi connectivity index (χ1v) is 8.85. The second-order valence-electron chi connectivity index (χ2n) is 5.71. The molecule has 2 aromatic rings. The van der Waals surface area contributed by atoms with E-state index in [2.05, 4.69) is 5.32 Å². The second-order valence-corrected chi connectivity index (χ2v) is 6.78. The maximum atomic E-state index is 12.3. The summed E-state index contributed by atoms with van der Waals surface area (Å²) in [6, 6.07) is 13.9. The third-order valence-electron chi connectivity index (χ3n) is 3.47. The third kappa shape index (κ3) is 6.48. The zero-order valence-electron chi connectivity index (χ0n) is 14.2. The van der Waals surface area contributed by atoms with Crippen molar-refractivity contribution in [3.8, 4) is 0 Å². The molecule has 0 aromatic heterocycles. The van der Waals surface area contributed by atoms with Crippen LogP contribution in [0.4, 0.5) is 8.78 Å². The van der Waals surface area contributed by atoms with Gasteiger partial charge in [-0.1, -0.05) is 36.0 Å². The standard InChI is InChI=1S/C19H21F2NO2S/c1-13(2)24-12-16-6-4-3-5-15(16)11-22-18(23)14-7-9-17(10-8-14)25-19(20)21/h3-10,13,19H,11-12H2,1-2H3,(H,22,23). The maximum Gasteiger partial charge on any atom is 0.288 e. The van der Waals surface area contributed by atoms with Gasteiger partial charge in [0.15, 0.2) is 0 Å². The van der Waals surface area contributed by atoms with Gasteiger partial charge in [-0.15, -0.1) is 0 Å². The fourth-order valence-electron chi connectivity index (χ4n) is 2.19. The number of thioether (sulfide) groups is 1. The Labute approximate surface area is 150 Å². The van der Waals surface area contributed by atoms with E-state index >= 15 is 0 Å². The SMILES string of the molecule is CC(C)OCc1ccccc1CNC(=O)c1ccc(SC(F)F)cc1. The number of carbonyl (C=O) groups is 1. The highest BCUT2D eigenvalue weighted by atomic mass is 32.2. The lowest BCUT2D eigenvalue weighted by molar-refractivity contribution is 0.0651. The molecule has 0 aliphatic heterocycles. The largest absolute Gasteiger partial charge is 0.374 e. The van der Waals surface area contributed by atoms with E-state index in [4.69, 9.17) is 4.74 Å². The van der Waals surface area contributed by atoms with Crippen molar-refractivity contribution in [2.24, 2.45) is 0 Å². The Kier molecular flexibility index (Phi) is 7.40. The molecule has 0 fully saturated rings. The minimum absolute atomic E-state index is 0.132.